The lowest BCUT2D eigenvalue weighted by Gasteiger charge is -2.29. The van der Waals surface area contributed by atoms with Crippen molar-refractivity contribution in [2.45, 2.75) is 203 Å². The van der Waals surface area contributed by atoms with Crippen molar-refractivity contribution in [1.29, 1.82) is 0 Å². The molecule has 0 unspecified atom stereocenters. The fourth-order valence-electron chi connectivity index (χ4n) is 5.28. The van der Waals surface area contributed by atoms with Crippen molar-refractivity contribution in [3.63, 3.8) is 0 Å². The van der Waals surface area contributed by atoms with E-state index in [1.54, 1.807) is 0 Å². The Morgan fingerprint density at radius 3 is 1.39 bits per heavy atom. The third-order valence-electron chi connectivity index (χ3n) is 8.10. The molecule has 0 aromatic heterocycles. The molecule has 0 heterocycles. The fraction of sp³-hybridized carbons (Fsp3) is 0.615. The number of nitrogens with zero attached hydrogens (tertiary/aromatic N) is 1. The van der Waals surface area contributed by atoms with Crippen LogP contribution in [0.4, 0.5) is 5.69 Å². The number of nitrogens with one attached hydrogen (secondary N) is 1. The summed E-state index contributed by atoms with van der Waals surface area (Å²) in [5.41, 5.74) is 10.6. The Balaban J connectivity index is -0.000000173. The van der Waals surface area contributed by atoms with E-state index in [9.17, 15) is 0 Å². The maximum Gasteiger partial charge on any atom is 0.0379 e. The van der Waals surface area contributed by atoms with Gasteiger partial charge in [0.2, 0.25) is 0 Å². The third kappa shape index (κ3) is 31.4. The zero-order valence-electron chi connectivity index (χ0n) is 39.4. The van der Waals surface area contributed by atoms with Gasteiger partial charge in [0.15, 0.2) is 0 Å². The fourth-order valence-corrected chi connectivity index (χ4v) is 5.28. The van der Waals surface area contributed by atoms with Crippen LogP contribution in [0.25, 0.3) is 5.70 Å². The van der Waals surface area contributed by atoms with Crippen LogP contribution in [0.2, 0.25) is 0 Å². The molecule has 0 fully saturated rings. The highest BCUT2D eigenvalue weighted by molar-refractivity contribution is 5.70. The lowest BCUT2D eigenvalue weighted by molar-refractivity contribution is 0.384. The molecule has 0 radical (unpaired) electrons. The van der Waals surface area contributed by atoms with E-state index >= 15 is 0 Å². The summed E-state index contributed by atoms with van der Waals surface area (Å²) in [6.07, 6.45) is 11.0. The van der Waals surface area contributed by atoms with Gasteiger partial charge in [0.1, 0.15) is 0 Å². The molecular weight excluding hydrogens is 653 g/mol. The topological polar surface area (TPSA) is 15.3 Å². The number of unbranched alkanes of at least 4 members (excludes halogenated alkanes) is 2. The smallest absolute Gasteiger partial charge is 0.0379 e. The van der Waals surface area contributed by atoms with Crippen LogP contribution in [0.3, 0.4) is 0 Å². The molecule has 0 aliphatic rings. The van der Waals surface area contributed by atoms with Crippen LogP contribution < -0.4 is 5.32 Å². The molecule has 0 amide bonds. The number of rotatable bonds is 15. The molecule has 3 aromatic carbocycles. The summed E-state index contributed by atoms with van der Waals surface area (Å²) in [5.74, 6) is 0. The van der Waals surface area contributed by atoms with Crippen molar-refractivity contribution < 1.29 is 0 Å². The van der Waals surface area contributed by atoms with Crippen molar-refractivity contribution in [2.24, 2.45) is 0 Å². The SMILES string of the molecule is C.C=C(c1cc(NC(CCC)CCC)c(C)cc1C)N(CCC)CCCCC.CC.CC.CC.CC.CC.CCc1ccccc1.Cc1ccccc1C. The highest BCUT2D eigenvalue weighted by atomic mass is 15.1. The van der Waals surface area contributed by atoms with Crippen LogP contribution in [0.1, 0.15) is 196 Å². The van der Waals surface area contributed by atoms with Gasteiger partial charge in [-0.2, -0.15) is 0 Å². The first-order valence-electron chi connectivity index (χ1n) is 22.1. The Morgan fingerprint density at radius 1 is 0.556 bits per heavy atom. The molecule has 1 N–H and O–H groups in total. The second kappa shape index (κ2) is 48.0. The van der Waals surface area contributed by atoms with Crippen molar-refractivity contribution in [1.82, 2.24) is 4.90 Å². The van der Waals surface area contributed by atoms with Crippen LogP contribution >= 0.6 is 0 Å². The van der Waals surface area contributed by atoms with Crippen molar-refractivity contribution in [3.8, 4) is 0 Å². The van der Waals surface area contributed by atoms with Gasteiger partial charge in [-0.25, -0.2) is 0 Å². The van der Waals surface area contributed by atoms with Gasteiger partial charge in [0, 0.05) is 36.1 Å². The van der Waals surface area contributed by atoms with Gasteiger partial charge >= 0.3 is 0 Å². The molecule has 0 aliphatic carbocycles. The van der Waals surface area contributed by atoms with Gasteiger partial charge in [-0.3, -0.25) is 0 Å². The lowest BCUT2D eigenvalue weighted by atomic mass is 9.99. The largest absolute Gasteiger partial charge is 0.382 e. The average Bonchev–Trinajstić information content (AvgIpc) is 3.21. The maximum absolute atomic E-state index is 4.50. The molecule has 0 saturated heterocycles. The molecule has 316 valence electrons. The molecular formula is C52H98N2. The predicted molar refractivity (Wildman–Crippen MR) is 259 cm³/mol. The average molecular weight is 751 g/mol. The van der Waals surface area contributed by atoms with Gasteiger partial charge in [-0.1, -0.05) is 204 Å². The number of hydrogen-bond acceptors (Lipinski definition) is 2. The summed E-state index contributed by atoms with van der Waals surface area (Å²) < 4.78 is 0. The number of hydrogen-bond donors (Lipinski definition) is 1. The lowest BCUT2D eigenvalue weighted by Crippen LogP contribution is -2.24. The van der Waals surface area contributed by atoms with Crippen molar-refractivity contribution >= 4 is 11.4 Å². The van der Waals surface area contributed by atoms with Gasteiger partial charge in [0.25, 0.3) is 0 Å². The molecule has 0 atom stereocenters. The van der Waals surface area contributed by atoms with E-state index in [1.807, 2.05) is 75.3 Å². The first-order chi connectivity index (χ1) is 25.7. The minimum atomic E-state index is 0. The van der Waals surface area contributed by atoms with Gasteiger partial charge in [-0.05, 0) is 93.7 Å². The highest BCUT2D eigenvalue weighted by Crippen LogP contribution is 2.29. The Hall–Kier alpha value is -3.00. The normalized spacial score (nSPS) is 8.81. The second-order valence-corrected chi connectivity index (χ2v) is 12.0. The second-order valence-electron chi connectivity index (χ2n) is 12.0. The van der Waals surface area contributed by atoms with Crippen LogP contribution in [0.5, 0.6) is 0 Å². The number of anilines is 1. The van der Waals surface area contributed by atoms with E-state index in [4.69, 9.17) is 0 Å². The molecule has 2 heteroatoms. The zero-order chi connectivity index (χ0) is 42.0. The summed E-state index contributed by atoms with van der Waals surface area (Å²) in [6, 6.07) is 24.1. The van der Waals surface area contributed by atoms with Crippen LogP contribution in [0.15, 0.2) is 73.3 Å². The molecule has 0 bridgehead atoms. The molecule has 0 saturated carbocycles. The van der Waals surface area contributed by atoms with E-state index in [0.29, 0.717) is 6.04 Å². The monoisotopic (exact) mass is 751 g/mol. The van der Waals surface area contributed by atoms with Crippen molar-refractivity contribution in [3.05, 3.63) is 107 Å². The number of benzene rings is 3. The minimum absolute atomic E-state index is 0. The van der Waals surface area contributed by atoms with Gasteiger partial charge < -0.3 is 10.2 Å². The Labute approximate surface area is 343 Å². The van der Waals surface area contributed by atoms with Gasteiger partial charge in [0.05, 0.1) is 0 Å². The summed E-state index contributed by atoms with van der Waals surface area (Å²) in [6.45, 7) is 46.6. The van der Waals surface area contributed by atoms with Gasteiger partial charge in [-0.15, -0.1) is 0 Å². The standard InChI is InChI=1S/C25H44N2.2C8H10.5C2H6.CH4/c1-8-12-13-17-27(16-11-4)22(7)24-19-25(21(6)18-20(24)5)26-23(14-9-2)15-10-3;1-7-5-3-4-6-8(7)2;1-2-8-6-4-3-5-7-8;5*1-2;/h18-19,23,26H,7-17H2,1-6H3;3-6H,1-2H3;3-7H,2H2,1H3;5*1-2H3;1H4. The Kier molecular flexibility index (Phi) is 56.0. The van der Waals surface area contributed by atoms with E-state index in [1.165, 1.54) is 89.7 Å². The Morgan fingerprint density at radius 2 is 1.02 bits per heavy atom. The molecule has 54 heavy (non-hydrogen) atoms. The zero-order valence-corrected chi connectivity index (χ0v) is 39.4. The summed E-state index contributed by atoms with van der Waals surface area (Å²) in [7, 11) is 0. The third-order valence-corrected chi connectivity index (χ3v) is 8.10. The quantitative estimate of drug-likeness (QED) is 0.156. The minimum Gasteiger partial charge on any atom is -0.382 e. The van der Waals surface area contributed by atoms with E-state index < -0.39 is 0 Å². The van der Waals surface area contributed by atoms with E-state index in [2.05, 4.69) is 140 Å². The molecule has 3 rings (SSSR count). The molecule has 2 nitrogen and oxygen atoms in total. The first-order valence-corrected chi connectivity index (χ1v) is 22.1. The van der Waals surface area contributed by atoms with Crippen LogP contribution in [-0.4, -0.2) is 24.0 Å². The summed E-state index contributed by atoms with van der Waals surface area (Å²) >= 11 is 0. The molecule has 3 aromatic rings. The molecule has 0 aliphatic heterocycles. The molecule has 0 spiro atoms. The van der Waals surface area contributed by atoms with E-state index in [-0.39, 0.29) is 7.43 Å². The van der Waals surface area contributed by atoms with E-state index in [0.717, 1.165) is 25.9 Å². The Bertz CT molecular complexity index is 1120. The number of aryl methyl sites for hydroxylation is 5. The highest BCUT2D eigenvalue weighted by Gasteiger charge is 2.15. The van der Waals surface area contributed by atoms with Crippen LogP contribution in [0, 0.1) is 27.7 Å². The first kappa shape index (κ1) is 63.0. The summed E-state index contributed by atoms with van der Waals surface area (Å²) in [4.78, 5) is 2.49. The maximum atomic E-state index is 4.50. The van der Waals surface area contributed by atoms with Crippen molar-refractivity contribution in [2.75, 3.05) is 18.4 Å². The predicted octanol–water partition coefficient (Wildman–Crippen LogP) is 17.9. The summed E-state index contributed by atoms with van der Waals surface area (Å²) in [5, 5.41) is 3.84. The van der Waals surface area contributed by atoms with Crippen LogP contribution in [-0.2, 0) is 6.42 Å².